The number of hydrogen-bond acceptors (Lipinski definition) is 12. The first-order valence-corrected chi connectivity index (χ1v) is 13.4. The van der Waals surface area contributed by atoms with E-state index in [2.05, 4.69) is 4.90 Å². The van der Waals surface area contributed by atoms with E-state index < -0.39 is 65.7 Å². The molecule has 1 aromatic carbocycles. The smallest absolute Gasteiger partial charge is 0.348 e. The van der Waals surface area contributed by atoms with Crippen molar-refractivity contribution in [1.82, 2.24) is 4.90 Å². The van der Waals surface area contributed by atoms with Gasteiger partial charge in [-0.15, -0.1) is 0 Å². The Balaban J connectivity index is 1.44. The molecule has 3 unspecified atom stereocenters. The van der Waals surface area contributed by atoms with Crippen LogP contribution in [-0.4, -0.2) is 95.7 Å². The summed E-state index contributed by atoms with van der Waals surface area (Å²) in [7, 11) is 3.50. The third kappa shape index (κ3) is 4.43. The van der Waals surface area contributed by atoms with Gasteiger partial charge in [-0.2, -0.15) is 0 Å². The summed E-state index contributed by atoms with van der Waals surface area (Å²) in [6.07, 6.45) is -2.04. The van der Waals surface area contributed by atoms with Crippen LogP contribution in [0.25, 0.3) is 0 Å². The van der Waals surface area contributed by atoms with E-state index in [1.807, 2.05) is 19.2 Å². The van der Waals surface area contributed by atoms with Gasteiger partial charge in [0.1, 0.15) is 11.8 Å². The Morgan fingerprint density at radius 1 is 1.20 bits per heavy atom. The Morgan fingerprint density at radius 2 is 1.93 bits per heavy atom. The van der Waals surface area contributed by atoms with E-state index in [0.29, 0.717) is 30.9 Å². The first-order valence-electron chi connectivity index (χ1n) is 13.4. The van der Waals surface area contributed by atoms with Crippen LogP contribution in [0.2, 0.25) is 0 Å². The molecule has 13 nitrogen and oxygen atoms in total. The number of aliphatic hydroxyl groups is 1. The average molecular weight is 575 g/mol. The molecule has 13 heteroatoms. The van der Waals surface area contributed by atoms with Gasteiger partial charge in [-0.1, -0.05) is 6.07 Å². The third-order valence-corrected chi connectivity index (χ3v) is 8.68. The summed E-state index contributed by atoms with van der Waals surface area (Å²) >= 11 is 0. The zero-order valence-electron chi connectivity index (χ0n) is 23.2. The Bertz CT molecular complexity index is 1330. The molecular formula is C28H34N2O11. The maximum atomic E-state index is 13.2. The number of piperidine rings is 1. The highest BCUT2D eigenvalue weighted by atomic mass is 16.6. The number of carboxylic acids is 1. The van der Waals surface area contributed by atoms with Crippen LogP contribution in [0.15, 0.2) is 24.0 Å². The number of likely N-dealkylation sites (tertiary alicyclic amines) is 1. The number of carbonyl (C=O) groups excluding carboxylic acids is 3. The molecule has 1 fully saturated rings. The van der Waals surface area contributed by atoms with Crippen LogP contribution in [0, 0.1) is 0 Å². The van der Waals surface area contributed by atoms with Gasteiger partial charge < -0.3 is 44.5 Å². The lowest BCUT2D eigenvalue weighted by atomic mass is 9.50. The van der Waals surface area contributed by atoms with Gasteiger partial charge in [-0.3, -0.25) is 9.59 Å². The fourth-order valence-corrected chi connectivity index (χ4v) is 6.63. The third-order valence-electron chi connectivity index (χ3n) is 8.68. The van der Waals surface area contributed by atoms with Gasteiger partial charge in [0.05, 0.1) is 24.5 Å². The number of esters is 3. The molecule has 1 spiro atoms. The summed E-state index contributed by atoms with van der Waals surface area (Å²) in [5.41, 5.74) is 5.29. The average Bonchev–Trinajstić information content (AvgIpc) is 3.27. The fraction of sp³-hybridized carbons (Fsp3) is 0.571. The molecular weight excluding hydrogens is 540 g/mol. The van der Waals surface area contributed by atoms with E-state index in [9.17, 15) is 24.3 Å². The van der Waals surface area contributed by atoms with Crippen molar-refractivity contribution in [1.29, 1.82) is 0 Å². The number of carbonyl (C=O) groups is 4. The molecule has 7 atom stereocenters. The molecule has 4 aliphatic rings. The highest BCUT2D eigenvalue weighted by Gasteiger charge is 2.72. The number of benzene rings is 1. The molecule has 2 aliphatic heterocycles. The molecule has 0 amide bonds. The number of rotatable bonds is 9. The van der Waals surface area contributed by atoms with Crippen molar-refractivity contribution in [2.75, 3.05) is 20.7 Å². The number of likely N-dealkylation sites (N-methyl/N-ethyl adjacent to an activating group) is 1. The molecule has 222 valence electrons. The van der Waals surface area contributed by atoms with Crippen LogP contribution in [0.1, 0.15) is 44.2 Å². The van der Waals surface area contributed by atoms with Crippen molar-refractivity contribution < 1.29 is 53.1 Å². The minimum absolute atomic E-state index is 0.152. The minimum Gasteiger partial charge on any atom is -0.493 e. The Kier molecular flexibility index (Phi) is 7.24. The standard InChI is InChI=1S/C28H34N2O11/c1-13(29)25(34)40-18(26(35)38-14(2)24(32)33)12-20(31)39-17-7-8-28(36)19-11-15-5-6-16(37-4)22-21(15)27(28,23(17)41-22)9-10-30(19)3/h5-7,13-14,18-19,23,36H,8-12,29H2,1-4H3,(H,32,33)/t13?,14?,18?,19-,23+,27+,28-/m1/s1. The van der Waals surface area contributed by atoms with Crippen LogP contribution >= 0.6 is 0 Å². The monoisotopic (exact) mass is 574 g/mol. The topological polar surface area (TPSA) is 184 Å². The number of methoxy groups -OCH3 is 1. The predicted molar refractivity (Wildman–Crippen MR) is 139 cm³/mol. The van der Waals surface area contributed by atoms with Crippen LogP contribution in [-0.2, 0) is 45.2 Å². The molecule has 1 aromatic rings. The highest BCUT2D eigenvalue weighted by Crippen LogP contribution is 2.65. The van der Waals surface area contributed by atoms with Crippen molar-refractivity contribution in [2.24, 2.45) is 5.73 Å². The van der Waals surface area contributed by atoms with Gasteiger partial charge in [0, 0.05) is 18.0 Å². The van der Waals surface area contributed by atoms with Crippen LogP contribution in [0.5, 0.6) is 11.5 Å². The highest BCUT2D eigenvalue weighted by molar-refractivity contribution is 5.87. The maximum Gasteiger partial charge on any atom is 0.348 e. The number of ether oxygens (including phenoxy) is 5. The van der Waals surface area contributed by atoms with Crippen molar-refractivity contribution in [2.45, 2.75) is 80.9 Å². The molecule has 1 saturated heterocycles. The summed E-state index contributed by atoms with van der Waals surface area (Å²) in [6, 6.07) is 2.48. The second kappa shape index (κ2) is 10.3. The zero-order chi connectivity index (χ0) is 29.9. The normalized spacial score (nSPS) is 29.6. The Morgan fingerprint density at radius 3 is 2.59 bits per heavy atom. The Hall–Kier alpha value is -3.68. The number of hydrogen-bond donors (Lipinski definition) is 3. The zero-order valence-corrected chi connectivity index (χ0v) is 23.2. The molecule has 0 saturated carbocycles. The summed E-state index contributed by atoms with van der Waals surface area (Å²) in [6.45, 7) is 3.12. The van der Waals surface area contributed by atoms with E-state index in [4.69, 9.17) is 34.5 Å². The van der Waals surface area contributed by atoms with E-state index in [1.54, 1.807) is 6.08 Å². The van der Waals surface area contributed by atoms with Crippen molar-refractivity contribution in [3.05, 3.63) is 35.1 Å². The number of aliphatic carboxylic acids is 1. The lowest BCUT2D eigenvalue weighted by Gasteiger charge is -2.61. The number of nitrogens with two attached hydrogens (primary N) is 1. The van der Waals surface area contributed by atoms with E-state index in [-0.39, 0.29) is 18.2 Å². The van der Waals surface area contributed by atoms with Crippen LogP contribution in [0.3, 0.4) is 0 Å². The quantitative estimate of drug-likeness (QED) is 0.268. The molecule has 0 aromatic heterocycles. The summed E-state index contributed by atoms with van der Waals surface area (Å²) < 4.78 is 27.7. The van der Waals surface area contributed by atoms with Crippen molar-refractivity contribution >= 4 is 23.9 Å². The second-order valence-corrected chi connectivity index (χ2v) is 11.1. The van der Waals surface area contributed by atoms with E-state index in [1.165, 1.54) is 14.0 Å². The van der Waals surface area contributed by atoms with E-state index in [0.717, 1.165) is 18.1 Å². The molecule has 2 bridgehead atoms. The van der Waals surface area contributed by atoms with Gasteiger partial charge in [0.15, 0.2) is 23.7 Å². The van der Waals surface area contributed by atoms with Gasteiger partial charge in [0.25, 0.3) is 0 Å². The van der Waals surface area contributed by atoms with Gasteiger partial charge in [-0.25, -0.2) is 9.59 Å². The van der Waals surface area contributed by atoms with Crippen LogP contribution in [0.4, 0.5) is 0 Å². The fourth-order valence-electron chi connectivity index (χ4n) is 6.63. The van der Waals surface area contributed by atoms with Gasteiger partial charge >= 0.3 is 23.9 Å². The molecule has 0 radical (unpaired) electrons. The summed E-state index contributed by atoms with van der Waals surface area (Å²) in [5.74, 6) is -3.45. The molecule has 4 N–H and O–H groups in total. The number of nitrogens with zero attached hydrogens (tertiary/aromatic N) is 1. The summed E-state index contributed by atoms with van der Waals surface area (Å²) in [4.78, 5) is 51.3. The molecule has 2 aliphatic carbocycles. The number of carboxylic acid groups (broad SMARTS) is 1. The Labute approximate surface area is 236 Å². The molecule has 5 rings (SSSR count). The van der Waals surface area contributed by atoms with Crippen molar-refractivity contribution in [3.8, 4) is 11.5 Å². The first kappa shape index (κ1) is 28.8. The van der Waals surface area contributed by atoms with Crippen molar-refractivity contribution in [3.63, 3.8) is 0 Å². The first-order chi connectivity index (χ1) is 19.3. The molecule has 2 heterocycles. The lowest BCUT2D eigenvalue weighted by molar-refractivity contribution is -0.180. The SMILES string of the molecule is COc1ccc2c3c1O[C@H]1C(OC(=O)CC(OC(=O)C(C)N)C(=O)OC(C)C(=O)O)=CC[C@@]4(O)[C@@H](C2)N(C)CC[C@]314. The largest absolute Gasteiger partial charge is 0.493 e. The second-order valence-electron chi connectivity index (χ2n) is 11.1. The predicted octanol–water partition coefficient (Wildman–Crippen LogP) is 0.182. The van der Waals surface area contributed by atoms with Gasteiger partial charge in [0.2, 0.25) is 6.10 Å². The minimum atomic E-state index is -1.79. The van der Waals surface area contributed by atoms with Gasteiger partial charge in [-0.05, 0) is 58.0 Å². The lowest BCUT2D eigenvalue weighted by Crippen LogP contribution is -2.74. The molecule has 41 heavy (non-hydrogen) atoms. The maximum absolute atomic E-state index is 13.2. The van der Waals surface area contributed by atoms with E-state index >= 15 is 0 Å². The summed E-state index contributed by atoms with van der Waals surface area (Å²) in [5, 5.41) is 21.4. The van der Waals surface area contributed by atoms with Crippen LogP contribution < -0.4 is 15.2 Å².